The van der Waals surface area contributed by atoms with E-state index >= 15 is 0 Å². The highest BCUT2D eigenvalue weighted by Gasteiger charge is 2.23. The summed E-state index contributed by atoms with van der Waals surface area (Å²) in [5, 5.41) is 11.8. The maximum Gasteiger partial charge on any atom is 0.159 e. The zero-order valence-electron chi connectivity index (χ0n) is 10.4. The van der Waals surface area contributed by atoms with Crippen LogP contribution in [0, 0.1) is 5.82 Å². The lowest BCUT2D eigenvalue weighted by Gasteiger charge is -2.20. The van der Waals surface area contributed by atoms with Gasteiger partial charge in [-0.05, 0) is 41.5 Å². The molecule has 1 aromatic carbocycles. The lowest BCUT2D eigenvalue weighted by Crippen LogP contribution is -2.13. The van der Waals surface area contributed by atoms with Crippen molar-refractivity contribution in [3.8, 4) is 5.69 Å². The van der Waals surface area contributed by atoms with Gasteiger partial charge in [0.15, 0.2) is 5.82 Å². The first-order valence-corrected chi connectivity index (χ1v) is 7.28. The predicted octanol–water partition coefficient (Wildman–Crippen LogP) is 3.61. The summed E-state index contributed by atoms with van der Waals surface area (Å²) in [7, 11) is 0. The minimum Gasteiger partial charge on any atom is -0.205 e. The molecule has 0 amide bonds. The molecular formula is C13H14BrFN4. The van der Waals surface area contributed by atoms with Gasteiger partial charge in [0.2, 0.25) is 0 Å². The van der Waals surface area contributed by atoms with E-state index in [0.29, 0.717) is 16.1 Å². The SMILES string of the molecule is Fc1cc(Br)ccc1-n1nnnc1C1CCCCC1. The standard InChI is InChI=1S/C13H14BrFN4/c14-10-6-7-12(11(15)8-10)19-13(16-17-18-19)9-4-2-1-3-5-9/h6-9H,1-5H2. The van der Waals surface area contributed by atoms with Gasteiger partial charge < -0.3 is 0 Å². The summed E-state index contributed by atoms with van der Waals surface area (Å²) in [5.41, 5.74) is 0.411. The molecule has 1 heterocycles. The molecule has 0 N–H and O–H groups in total. The van der Waals surface area contributed by atoms with Crippen molar-refractivity contribution < 1.29 is 4.39 Å². The summed E-state index contributed by atoms with van der Waals surface area (Å²) in [5.74, 6) is 0.798. The Morgan fingerprint density at radius 2 is 2.00 bits per heavy atom. The van der Waals surface area contributed by atoms with E-state index in [9.17, 15) is 4.39 Å². The van der Waals surface area contributed by atoms with Crippen LogP contribution >= 0.6 is 15.9 Å². The number of hydrogen-bond acceptors (Lipinski definition) is 3. The van der Waals surface area contributed by atoms with E-state index in [1.165, 1.54) is 30.0 Å². The van der Waals surface area contributed by atoms with Crippen LogP contribution in [0.3, 0.4) is 0 Å². The van der Waals surface area contributed by atoms with Crippen molar-refractivity contribution in [2.24, 2.45) is 0 Å². The molecule has 0 bridgehead atoms. The van der Waals surface area contributed by atoms with Gasteiger partial charge in [-0.3, -0.25) is 0 Å². The average Bonchev–Trinajstić information content (AvgIpc) is 2.89. The fourth-order valence-corrected chi connectivity index (χ4v) is 2.97. The van der Waals surface area contributed by atoms with Gasteiger partial charge in [-0.15, -0.1) is 5.10 Å². The number of benzene rings is 1. The Labute approximate surface area is 119 Å². The Morgan fingerprint density at radius 3 is 2.74 bits per heavy atom. The summed E-state index contributed by atoms with van der Waals surface area (Å²) in [6.45, 7) is 0. The van der Waals surface area contributed by atoms with Crippen molar-refractivity contribution in [3.05, 3.63) is 34.3 Å². The number of aromatic nitrogens is 4. The molecule has 1 saturated carbocycles. The zero-order chi connectivity index (χ0) is 13.2. The zero-order valence-corrected chi connectivity index (χ0v) is 12.0. The summed E-state index contributed by atoms with van der Waals surface area (Å²) in [4.78, 5) is 0. The molecule has 0 saturated heterocycles. The number of hydrogen-bond donors (Lipinski definition) is 0. The van der Waals surface area contributed by atoms with Crippen molar-refractivity contribution in [1.82, 2.24) is 20.2 Å². The van der Waals surface area contributed by atoms with Gasteiger partial charge in [0.1, 0.15) is 11.5 Å². The van der Waals surface area contributed by atoms with Crippen molar-refractivity contribution in [3.63, 3.8) is 0 Å². The van der Waals surface area contributed by atoms with Crippen molar-refractivity contribution in [2.75, 3.05) is 0 Å². The van der Waals surface area contributed by atoms with Crippen LogP contribution in [0.25, 0.3) is 5.69 Å². The Bertz CT molecular complexity index is 578. The predicted molar refractivity (Wildman–Crippen MR) is 72.6 cm³/mol. The van der Waals surface area contributed by atoms with E-state index in [0.717, 1.165) is 18.7 Å². The quantitative estimate of drug-likeness (QED) is 0.847. The molecule has 100 valence electrons. The molecule has 19 heavy (non-hydrogen) atoms. The maximum absolute atomic E-state index is 14.0. The smallest absolute Gasteiger partial charge is 0.159 e. The average molecular weight is 325 g/mol. The molecule has 0 radical (unpaired) electrons. The second-order valence-corrected chi connectivity index (χ2v) is 5.80. The van der Waals surface area contributed by atoms with Gasteiger partial charge in [-0.25, -0.2) is 4.39 Å². The molecule has 0 spiro atoms. The highest BCUT2D eigenvalue weighted by Crippen LogP contribution is 2.32. The lowest BCUT2D eigenvalue weighted by atomic mass is 9.88. The van der Waals surface area contributed by atoms with E-state index in [-0.39, 0.29) is 5.82 Å². The molecule has 0 unspecified atom stereocenters. The number of tetrazole rings is 1. The topological polar surface area (TPSA) is 43.6 Å². The van der Waals surface area contributed by atoms with Crippen LogP contribution < -0.4 is 0 Å². The highest BCUT2D eigenvalue weighted by molar-refractivity contribution is 9.10. The summed E-state index contributed by atoms with van der Waals surface area (Å²) < 4.78 is 16.3. The first-order chi connectivity index (χ1) is 9.25. The molecule has 3 rings (SSSR count). The third-order valence-corrected chi connectivity index (χ3v) is 4.10. The normalized spacial score (nSPS) is 16.7. The number of nitrogens with zero attached hydrogens (tertiary/aromatic N) is 4. The second kappa shape index (κ2) is 5.36. The number of rotatable bonds is 2. The van der Waals surface area contributed by atoms with Crippen molar-refractivity contribution in [2.45, 2.75) is 38.0 Å². The molecule has 0 aliphatic heterocycles. The largest absolute Gasteiger partial charge is 0.205 e. The summed E-state index contributed by atoms with van der Waals surface area (Å²) in [6.07, 6.45) is 5.82. The van der Waals surface area contributed by atoms with Crippen LogP contribution in [-0.2, 0) is 0 Å². The van der Waals surface area contributed by atoms with Gasteiger partial charge in [0.25, 0.3) is 0 Å². The molecule has 1 fully saturated rings. The van der Waals surface area contributed by atoms with Crippen LogP contribution in [0.5, 0.6) is 0 Å². The van der Waals surface area contributed by atoms with Gasteiger partial charge >= 0.3 is 0 Å². The number of halogens is 2. The highest BCUT2D eigenvalue weighted by atomic mass is 79.9. The Hall–Kier alpha value is -1.30. The first kappa shape index (κ1) is 12.7. The van der Waals surface area contributed by atoms with E-state index in [4.69, 9.17) is 0 Å². The van der Waals surface area contributed by atoms with Gasteiger partial charge in [-0.2, -0.15) is 4.68 Å². The molecule has 1 aliphatic carbocycles. The second-order valence-electron chi connectivity index (χ2n) is 4.88. The Balaban J connectivity index is 1.99. The van der Waals surface area contributed by atoms with E-state index < -0.39 is 0 Å². The molecule has 1 aliphatic rings. The third kappa shape index (κ3) is 2.54. The fraction of sp³-hybridized carbons (Fsp3) is 0.462. The molecule has 4 nitrogen and oxygen atoms in total. The van der Waals surface area contributed by atoms with E-state index in [1.54, 1.807) is 12.1 Å². The van der Waals surface area contributed by atoms with E-state index in [1.807, 2.05) is 0 Å². The molecule has 2 aromatic rings. The third-order valence-electron chi connectivity index (χ3n) is 3.60. The molecule has 6 heteroatoms. The maximum atomic E-state index is 14.0. The van der Waals surface area contributed by atoms with Gasteiger partial charge in [0.05, 0.1) is 0 Å². The fourth-order valence-electron chi connectivity index (χ4n) is 2.63. The summed E-state index contributed by atoms with van der Waals surface area (Å²) in [6, 6.07) is 4.93. The molecule has 0 atom stereocenters. The first-order valence-electron chi connectivity index (χ1n) is 6.49. The van der Waals surface area contributed by atoms with Crippen LogP contribution in [0.2, 0.25) is 0 Å². The minimum atomic E-state index is -0.321. The summed E-state index contributed by atoms with van der Waals surface area (Å²) >= 11 is 3.25. The monoisotopic (exact) mass is 324 g/mol. The van der Waals surface area contributed by atoms with Crippen molar-refractivity contribution >= 4 is 15.9 Å². The Morgan fingerprint density at radius 1 is 1.21 bits per heavy atom. The van der Waals surface area contributed by atoms with E-state index in [2.05, 4.69) is 31.5 Å². The van der Waals surface area contributed by atoms with Gasteiger partial charge in [-0.1, -0.05) is 35.2 Å². The van der Waals surface area contributed by atoms with Crippen LogP contribution in [0.15, 0.2) is 22.7 Å². The molecule has 1 aromatic heterocycles. The van der Waals surface area contributed by atoms with Gasteiger partial charge in [0, 0.05) is 10.4 Å². The Kier molecular flexibility index (Phi) is 3.59. The van der Waals surface area contributed by atoms with Crippen LogP contribution in [0.1, 0.15) is 43.8 Å². The van der Waals surface area contributed by atoms with Crippen LogP contribution in [-0.4, -0.2) is 20.2 Å². The van der Waals surface area contributed by atoms with Crippen molar-refractivity contribution in [1.29, 1.82) is 0 Å². The van der Waals surface area contributed by atoms with Crippen LogP contribution in [0.4, 0.5) is 4.39 Å². The molecular weight excluding hydrogens is 311 g/mol. The lowest BCUT2D eigenvalue weighted by molar-refractivity contribution is 0.421. The minimum absolute atomic E-state index is 0.321.